The number of hydrogen-bond donors (Lipinski definition) is 1. The van der Waals surface area contributed by atoms with E-state index in [0.29, 0.717) is 16.1 Å². The van der Waals surface area contributed by atoms with Crippen molar-refractivity contribution in [1.82, 2.24) is 9.97 Å². The van der Waals surface area contributed by atoms with Gasteiger partial charge in [0, 0.05) is 23.0 Å². The lowest BCUT2D eigenvalue weighted by Gasteiger charge is -2.23. The SMILES string of the molecule is O=C1C(=O)N(c2ncccn2)[C@H](c2ccc(Cl)cc2)C1=C(O)c1ccccc1. The van der Waals surface area contributed by atoms with E-state index in [1.54, 1.807) is 60.7 Å². The Bertz CT molecular complexity index is 1070. The number of carbonyl (C=O) groups excluding carboxylic acids is 2. The number of hydrogen-bond acceptors (Lipinski definition) is 5. The van der Waals surface area contributed by atoms with Gasteiger partial charge in [0.2, 0.25) is 5.95 Å². The summed E-state index contributed by atoms with van der Waals surface area (Å²) in [5, 5.41) is 11.4. The molecule has 1 fully saturated rings. The Labute approximate surface area is 165 Å². The van der Waals surface area contributed by atoms with E-state index >= 15 is 0 Å². The molecule has 1 aliphatic heterocycles. The van der Waals surface area contributed by atoms with Crippen LogP contribution in [0.5, 0.6) is 0 Å². The molecule has 1 aliphatic rings. The minimum Gasteiger partial charge on any atom is -0.507 e. The minimum absolute atomic E-state index is 0.0222. The normalized spacial score (nSPS) is 18.5. The van der Waals surface area contributed by atoms with Crippen LogP contribution in [0.25, 0.3) is 5.76 Å². The molecule has 28 heavy (non-hydrogen) atoms. The summed E-state index contributed by atoms with van der Waals surface area (Å²) in [4.78, 5) is 35.1. The summed E-state index contributed by atoms with van der Waals surface area (Å²) < 4.78 is 0. The smallest absolute Gasteiger partial charge is 0.302 e. The van der Waals surface area contributed by atoms with Crippen LogP contribution in [0, 0.1) is 0 Å². The lowest BCUT2D eigenvalue weighted by Crippen LogP contribution is -2.31. The Morgan fingerprint density at radius 2 is 1.57 bits per heavy atom. The first-order chi connectivity index (χ1) is 13.6. The molecule has 0 saturated carbocycles. The van der Waals surface area contributed by atoms with E-state index in [4.69, 9.17) is 11.6 Å². The van der Waals surface area contributed by atoms with E-state index in [0.717, 1.165) is 0 Å². The molecule has 0 aliphatic carbocycles. The third-order valence-corrected chi connectivity index (χ3v) is 4.70. The third-order valence-electron chi connectivity index (χ3n) is 4.45. The molecule has 2 aromatic carbocycles. The Morgan fingerprint density at radius 3 is 2.21 bits per heavy atom. The van der Waals surface area contributed by atoms with Crippen LogP contribution in [0.15, 0.2) is 78.6 Å². The van der Waals surface area contributed by atoms with Gasteiger partial charge < -0.3 is 5.11 Å². The molecule has 6 nitrogen and oxygen atoms in total. The number of aliphatic hydroxyl groups is 1. The molecule has 0 unspecified atom stereocenters. The average Bonchev–Trinajstić information content (AvgIpc) is 3.00. The van der Waals surface area contributed by atoms with Crippen molar-refractivity contribution in [1.29, 1.82) is 0 Å². The molecule has 1 amide bonds. The lowest BCUT2D eigenvalue weighted by atomic mass is 9.95. The Balaban J connectivity index is 1.95. The second-order valence-corrected chi connectivity index (χ2v) is 6.57. The van der Waals surface area contributed by atoms with Crippen molar-refractivity contribution in [3.8, 4) is 0 Å². The number of Topliss-reactive ketones (excluding diaryl/α,β-unsaturated/α-hetero) is 1. The molecule has 2 heterocycles. The number of amides is 1. The molecule has 1 atom stereocenters. The predicted octanol–water partition coefficient (Wildman–Crippen LogP) is 3.76. The van der Waals surface area contributed by atoms with Gasteiger partial charge in [0.05, 0.1) is 11.6 Å². The van der Waals surface area contributed by atoms with Gasteiger partial charge in [-0.3, -0.25) is 14.5 Å². The average molecular weight is 392 g/mol. The highest BCUT2D eigenvalue weighted by Crippen LogP contribution is 2.41. The summed E-state index contributed by atoms with van der Waals surface area (Å²) in [5.41, 5.74) is 1.02. The maximum absolute atomic E-state index is 12.9. The van der Waals surface area contributed by atoms with Crippen molar-refractivity contribution in [2.75, 3.05) is 4.90 Å². The van der Waals surface area contributed by atoms with Gasteiger partial charge in [-0.25, -0.2) is 9.97 Å². The Kier molecular flexibility index (Phi) is 4.63. The quantitative estimate of drug-likeness (QED) is 0.417. The second kappa shape index (κ2) is 7.25. The number of ketones is 1. The zero-order chi connectivity index (χ0) is 19.7. The van der Waals surface area contributed by atoms with E-state index in [9.17, 15) is 14.7 Å². The van der Waals surface area contributed by atoms with E-state index in [2.05, 4.69) is 9.97 Å². The topological polar surface area (TPSA) is 83.4 Å². The fourth-order valence-electron chi connectivity index (χ4n) is 3.17. The fraction of sp³-hybridized carbons (Fsp3) is 0.0476. The second-order valence-electron chi connectivity index (χ2n) is 6.14. The van der Waals surface area contributed by atoms with Gasteiger partial charge in [-0.15, -0.1) is 0 Å². The van der Waals surface area contributed by atoms with Crippen molar-refractivity contribution in [3.05, 3.63) is 94.8 Å². The largest absolute Gasteiger partial charge is 0.507 e. The van der Waals surface area contributed by atoms with Crippen LogP contribution in [0.4, 0.5) is 5.95 Å². The standard InChI is InChI=1S/C21H14ClN3O3/c22-15-9-7-13(8-10-15)17-16(18(26)14-5-2-1-3-6-14)19(27)20(28)25(17)21-23-11-4-12-24-21/h1-12,17,26H/t17-/m1/s1. The van der Waals surface area contributed by atoms with Crippen LogP contribution in [-0.2, 0) is 9.59 Å². The van der Waals surface area contributed by atoms with Gasteiger partial charge in [0.25, 0.3) is 5.78 Å². The van der Waals surface area contributed by atoms with Gasteiger partial charge in [-0.1, -0.05) is 54.1 Å². The molecule has 1 saturated heterocycles. The molecule has 1 aromatic heterocycles. The van der Waals surface area contributed by atoms with Crippen LogP contribution < -0.4 is 4.90 Å². The number of benzene rings is 2. The first-order valence-corrected chi connectivity index (χ1v) is 8.84. The number of halogens is 1. The first-order valence-electron chi connectivity index (χ1n) is 8.47. The van der Waals surface area contributed by atoms with Crippen molar-refractivity contribution < 1.29 is 14.7 Å². The van der Waals surface area contributed by atoms with Crippen LogP contribution in [0.1, 0.15) is 17.2 Å². The number of aromatic nitrogens is 2. The maximum Gasteiger partial charge on any atom is 0.302 e. The zero-order valence-electron chi connectivity index (χ0n) is 14.5. The lowest BCUT2D eigenvalue weighted by molar-refractivity contribution is -0.132. The van der Waals surface area contributed by atoms with E-state index in [-0.39, 0.29) is 17.3 Å². The van der Waals surface area contributed by atoms with E-state index in [1.807, 2.05) is 0 Å². The predicted molar refractivity (Wildman–Crippen MR) is 105 cm³/mol. The van der Waals surface area contributed by atoms with Crippen molar-refractivity contribution >= 4 is 35.0 Å². The Hall–Kier alpha value is -3.51. The molecule has 7 heteroatoms. The number of nitrogens with zero attached hydrogens (tertiary/aromatic N) is 3. The number of carbonyl (C=O) groups is 2. The number of rotatable bonds is 3. The van der Waals surface area contributed by atoms with Crippen LogP contribution >= 0.6 is 11.6 Å². The molecular weight excluding hydrogens is 378 g/mol. The highest BCUT2D eigenvalue weighted by Gasteiger charge is 2.48. The molecule has 0 radical (unpaired) electrons. The molecule has 4 rings (SSSR count). The highest BCUT2D eigenvalue weighted by molar-refractivity contribution is 6.51. The molecule has 0 bridgehead atoms. The van der Waals surface area contributed by atoms with Crippen molar-refractivity contribution in [2.45, 2.75) is 6.04 Å². The van der Waals surface area contributed by atoms with Crippen molar-refractivity contribution in [2.24, 2.45) is 0 Å². The summed E-state index contributed by atoms with van der Waals surface area (Å²) >= 11 is 5.99. The third kappa shape index (κ3) is 3.04. The minimum atomic E-state index is -0.875. The zero-order valence-corrected chi connectivity index (χ0v) is 15.2. The fourth-order valence-corrected chi connectivity index (χ4v) is 3.29. The molecule has 1 N–H and O–H groups in total. The first kappa shape index (κ1) is 17.9. The highest BCUT2D eigenvalue weighted by atomic mass is 35.5. The number of aliphatic hydroxyl groups excluding tert-OH is 1. The summed E-state index contributed by atoms with van der Waals surface area (Å²) in [6.45, 7) is 0. The summed E-state index contributed by atoms with van der Waals surface area (Å²) in [6.07, 6.45) is 2.97. The monoisotopic (exact) mass is 391 g/mol. The summed E-state index contributed by atoms with van der Waals surface area (Å²) in [7, 11) is 0. The van der Waals surface area contributed by atoms with Gasteiger partial charge in [-0.2, -0.15) is 0 Å². The van der Waals surface area contributed by atoms with Crippen LogP contribution in [-0.4, -0.2) is 26.8 Å². The van der Waals surface area contributed by atoms with Crippen LogP contribution in [0.3, 0.4) is 0 Å². The molecular formula is C21H14ClN3O3. The Morgan fingerprint density at radius 1 is 0.929 bits per heavy atom. The summed E-state index contributed by atoms with van der Waals surface area (Å²) in [5.74, 6) is -1.77. The van der Waals surface area contributed by atoms with Crippen molar-refractivity contribution in [3.63, 3.8) is 0 Å². The molecule has 3 aromatic rings. The van der Waals surface area contributed by atoms with E-state index < -0.39 is 17.7 Å². The van der Waals surface area contributed by atoms with Gasteiger partial charge in [0.15, 0.2) is 0 Å². The van der Waals surface area contributed by atoms with Crippen LogP contribution in [0.2, 0.25) is 5.02 Å². The molecule has 0 spiro atoms. The van der Waals surface area contributed by atoms with Gasteiger partial charge >= 0.3 is 5.91 Å². The molecule has 138 valence electrons. The van der Waals surface area contributed by atoms with Gasteiger partial charge in [0.1, 0.15) is 5.76 Å². The van der Waals surface area contributed by atoms with Gasteiger partial charge in [-0.05, 0) is 23.8 Å². The maximum atomic E-state index is 12.9. The van der Waals surface area contributed by atoms with E-state index in [1.165, 1.54) is 17.3 Å². The number of anilines is 1. The summed E-state index contributed by atoms with van der Waals surface area (Å²) in [6, 6.07) is 16.1.